The molecule has 0 fully saturated rings. The zero-order chi connectivity index (χ0) is 24.6. The predicted octanol–water partition coefficient (Wildman–Crippen LogP) is 5.29. The van der Waals surface area contributed by atoms with Gasteiger partial charge < -0.3 is 4.98 Å². The van der Waals surface area contributed by atoms with Gasteiger partial charge in [-0.05, 0) is 29.8 Å². The molecule has 6 aromatic rings. The molecule has 0 bridgehead atoms. The third-order valence-electron chi connectivity index (χ3n) is 6.11. The van der Waals surface area contributed by atoms with Crippen LogP contribution in [0.2, 0.25) is 0 Å². The lowest BCUT2D eigenvalue weighted by Gasteiger charge is -2.03. The van der Waals surface area contributed by atoms with Crippen molar-refractivity contribution < 1.29 is 9.18 Å². The zero-order valence-electron chi connectivity index (χ0n) is 19.3. The van der Waals surface area contributed by atoms with Gasteiger partial charge in [0.1, 0.15) is 17.3 Å². The Hall–Kier alpha value is -4.79. The molecule has 0 unspecified atom stereocenters. The third-order valence-corrected chi connectivity index (χ3v) is 6.11. The smallest absolute Gasteiger partial charge is 0.181 e. The average Bonchev–Trinajstić information content (AvgIpc) is 3.52. The van der Waals surface area contributed by atoms with Gasteiger partial charge in [0.15, 0.2) is 11.5 Å². The number of Topliss-reactive ketones (excluding diaryl/α,β-unsaturated/α-hetero) is 1. The lowest BCUT2D eigenvalue weighted by molar-refractivity contribution is -0.118. The number of aromatic nitrogens is 7. The number of carbonyl (C=O) groups excluding carboxylic acids is 1. The number of ketones is 1. The Balaban J connectivity index is 1.40. The van der Waals surface area contributed by atoms with Gasteiger partial charge in [-0.2, -0.15) is 5.10 Å². The van der Waals surface area contributed by atoms with Crippen LogP contribution in [0, 0.1) is 5.82 Å². The molecule has 5 aromatic heterocycles. The number of imidazole rings is 1. The van der Waals surface area contributed by atoms with Gasteiger partial charge in [-0.3, -0.25) is 19.9 Å². The topological polar surface area (TPSA) is 113 Å². The summed E-state index contributed by atoms with van der Waals surface area (Å²) in [5.74, 6) is 0.407. The van der Waals surface area contributed by atoms with Crippen LogP contribution in [0.5, 0.6) is 0 Å². The molecule has 8 nitrogen and oxygen atoms in total. The van der Waals surface area contributed by atoms with Crippen LogP contribution in [0.25, 0.3) is 55.8 Å². The minimum Gasteiger partial charge on any atom is -0.335 e. The normalized spacial score (nSPS) is 11.4. The summed E-state index contributed by atoms with van der Waals surface area (Å²) in [7, 11) is 0. The molecule has 5 heterocycles. The molecule has 0 atom stereocenters. The number of rotatable bonds is 6. The van der Waals surface area contributed by atoms with Crippen molar-refractivity contribution in [2.45, 2.75) is 19.8 Å². The molecule has 0 aliphatic heterocycles. The molecular formula is C27H20FN7O. The number of carbonyl (C=O) groups is 1. The molecule has 2 N–H and O–H groups in total. The zero-order valence-corrected chi connectivity index (χ0v) is 19.3. The van der Waals surface area contributed by atoms with Crippen LogP contribution in [0.3, 0.4) is 0 Å². The van der Waals surface area contributed by atoms with Gasteiger partial charge in [-0.1, -0.05) is 25.1 Å². The number of fused-ring (bicyclic) bond motifs is 2. The maximum atomic E-state index is 13.8. The Morgan fingerprint density at radius 1 is 0.972 bits per heavy atom. The van der Waals surface area contributed by atoms with Gasteiger partial charge in [-0.25, -0.2) is 14.4 Å². The van der Waals surface area contributed by atoms with E-state index in [1.54, 1.807) is 30.9 Å². The van der Waals surface area contributed by atoms with Crippen LogP contribution in [0.15, 0.2) is 67.3 Å². The summed E-state index contributed by atoms with van der Waals surface area (Å²) in [4.78, 5) is 33.0. The highest BCUT2D eigenvalue weighted by Gasteiger charge is 2.16. The van der Waals surface area contributed by atoms with Gasteiger partial charge >= 0.3 is 0 Å². The second kappa shape index (κ2) is 8.77. The van der Waals surface area contributed by atoms with Crippen molar-refractivity contribution in [3.63, 3.8) is 0 Å². The number of hydrogen-bond donors (Lipinski definition) is 2. The second-order valence-electron chi connectivity index (χ2n) is 8.48. The van der Waals surface area contributed by atoms with Gasteiger partial charge in [0.05, 0.1) is 22.6 Å². The first kappa shape index (κ1) is 21.7. The number of nitrogens with zero attached hydrogens (tertiary/aromatic N) is 5. The Bertz CT molecular complexity index is 1740. The van der Waals surface area contributed by atoms with E-state index in [1.165, 1.54) is 12.1 Å². The van der Waals surface area contributed by atoms with Crippen LogP contribution in [-0.4, -0.2) is 40.9 Å². The van der Waals surface area contributed by atoms with Crippen LogP contribution >= 0.6 is 0 Å². The summed E-state index contributed by atoms with van der Waals surface area (Å²) < 4.78 is 13.8. The van der Waals surface area contributed by atoms with Gasteiger partial charge in [0, 0.05) is 53.8 Å². The molecule has 9 heteroatoms. The van der Waals surface area contributed by atoms with Crippen LogP contribution in [0.1, 0.15) is 19.0 Å². The van der Waals surface area contributed by atoms with Crippen molar-refractivity contribution in [1.29, 1.82) is 0 Å². The summed E-state index contributed by atoms with van der Waals surface area (Å²) in [6, 6.07) is 12.1. The molecule has 0 amide bonds. The summed E-state index contributed by atoms with van der Waals surface area (Å²) in [6.07, 6.45) is 7.68. The number of pyridine rings is 3. The van der Waals surface area contributed by atoms with Gasteiger partial charge in [0.2, 0.25) is 0 Å². The Morgan fingerprint density at radius 3 is 2.67 bits per heavy atom. The standard InChI is InChI=1S/C27H20FN7O/c1-2-20(36)10-19-7-6-16(11-30-19)17-9-21-25(34-35-26(21)31-12-17)27-32-23-14-29-13-22(24(23)33-27)15-4-3-5-18(28)8-15/h3-9,11-14H,2,10H2,1H3,(H,32,33)(H,31,34,35). The van der Waals surface area contributed by atoms with E-state index in [9.17, 15) is 9.18 Å². The van der Waals surface area contributed by atoms with E-state index >= 15 is 0 Å². The summed E-state index contributed by atoms with van der Waals surface area (Å²) in [5.41, 5.74) is 6.55. The molecule has 0 saturated carbocycles. The average molecular weight is 478 g/mol. The number of nitrogens with one attached hydrogen (secondary N) is 2. The third kappa shape index (κ3) is 3.90. The monoisotopic (exact) mass is 477 g/mol. The molecule has 0 radical (unpaired) electrons. The van der Waals surface area contributed by atoms with Crippen molar-refractivity contribution in [3.8, 4) is 33.8 Å². The molecular weight excluding hydrogens is 457 g/mol. The Labute approximate surface area is 204 Å². The first-order valence-corrected chi connectivity index (χ1v) is 11.5. The van der Waals surface area contributed by atoms with Crippen molar-refractivity contribution in [2.24, 2.45) is 0 Å². The Morgan fingerprint density at radius 2 is 1.86 bits per heavy atom. The van der Waals surface area contributed by atoms with Crippen molar-refractivity contribution in [1.82, 2.24) is 35.1 Å². The highest BCUT2D eigenvalue weighted by atomic mass is 19.1. The molecule has 6 rings (SSSR count). The predicted molar refractivity (Wildman–Crippen MR) is 134 cm³/mol. The first-order chi connectivity index (χ1) is 17.6. The molecule has 176 valence electrons. The van der Waals surface area contributed by atoms with Crippen molar-refractivity contribution in [2.75, 3.05) is 0 Å². The van der Waals surface area contributed by atoms with E-state index in [0.717, 1.165) is 33.3 Å². The van der Waals surface area contributed by atoms with E-state index in [2.05, 4.69) is 30.1 Å². The number of H-pyrrole nitrogens is 2. The van der Waals surface area contributed by atoms with Crippen LogP contribution in [-0.2, 0) is 11.2 Å². The Kier molecular flexibility index (Phi) is 5.29. The molecule has 0 aliphatic carbocycles. The highest BCUT2D eigenvalue weighted by molar-refractivity contribution is 5.96. The summed E-state index contributed by atoms with van der Waals surface area (Å²) >= 11 is 0. The molecule has 1 aromatic carbocycles. The minimum absolute atomic E-state index is 0.156. The van der Waals surface area contributed by atoms with Gasteiger partial charge in [0.25, 0.3) is 0 Å². The fourth-order valence-corrected chi connectivity index (χ4v) is 4.18. The number of aromatic amines is 2. The largest absolute Gasteiger partial charge is 0.335 e. The summed E-state index contributed by atoms with van der Waals surface area (Å²) in [5, 5.41) is 8.16. The van der Waals surface area contributed by atoms with E-state index in [4.69, 9.17) is 4.98 Å². The van der Waals surface area contributed by atoms with E-state index < -0.39 is 0 Å². The van der Waals surface area contributed by atoms with Crippen molar-refractivity contribution >= 4 is 27.9 Å². The number of hydrogen-bond acceptors (Lipinski definition) is 6. The minimum atomic E-state index is -0.321. The molecule has 36 heavy (non-hydrogen) atoms. The van der Waals surface area contributed by atoms with Gasteiger partial charge in [-0.15, -0.1) is 0 Å². The lowest BCUT2D eigenvalue weighted by atomic mass is 10.1. The summed E-state index contributed by atoms with van der Waals surface area (Å²) in [6.45, 7) is 1.85. The van der Waals surface area contributed by atoms with Crippen molar-refractivity contribution in [3.05, 3.63) is 78.8 Å². The number of halogens is 1. The quantitative estimate of drug-likeness (QED) is 0.337. The van der Waals surface area contributed by atoms with E-state index in [0.29, 0.717) is 41.1 Å². The molecule has 0 spiro atoms. The van der Waals surface area contributed by atoms with E-state index in [-0.39, 0.29) is 11.6 Å². The van der Waals surface area contributed by atoms with Crippen LogP contribution in [0.4, 0.5) is 4.39 Å². The fraction of sp³-hybridized carbons (Fsp3) is 0.111. The maximum Gasteiger partial charge on any atom is 0.181 e. The maximum absolute atomic E-state index is 13.8. The molecule has 0 aliphatic rings. The highest BCUT2D eigenvalue weighted by Crippen LogP contribution is 2.32. The van der Waals surface area contributed by atoms with Crippen LogP contribution < -0.4 is 0 Å². The van der Waals surface area contributed by atoms with E-state index in [1.807, 2.05) is 31.2 Å². The second-order valence-corrected chi connectivity index (χ2v) is 8.48. The number of benzene rings is 1. The lowest BCUT2D eigenvalue weighted by Crippen LogP contribution is -2.02. The first-order valence-electron chi connectivity index (χ1n) is 11.5. The SMILES string of the molecule is CCC(=O)Cc1ccc(-c2cnc3n[nH]c(-c4nc5c(-c6cccc(F)c6)cncc5[nH]4)c3c2)cn1. The molecule has 0 saturated heterocycles. The fourth-order valence-electron chi connectivity index (χ4n) is 4.18.